The number of aromatic nitrogens is 1. The maximum atomic E-state index is 12.5. The molecule has 154 valence electrons. The fourth-order valence-electron chi connectivity index (χ4n) is 3.94. The zero-order valence-corrected chi connectivity index (χ0v) is 17.4. The van der Waals surface area contributed by atoms with E-state index in [1.807, 2.05) is 23.6 Å². The predicted molar refractivity (Wildman–Crippen MR) is 118 cm³/mol. The van der Waals surface area contributed by atoms with Crippen LogP contribution in [-0.4, -0.2) is 28.5 Å². The lowest BCUT2D eigenvalue weighted by molar-refractivity contribution is -0.143. The number of pyridine rings is 1. The summed E-state index contributed by atoms with van der Waals surface area (Å²) in [5.74, 6) is -0.608. The van der Waals surface area contributed by atoms with Crippen molar-refractivity contribution in [2.45, 2.75) is 25.7 Å². The first kappa shape index (κ1) is 20.3. The molecule has 0 unspecified atom stereocenters. The Labute approximate surface area is 179 Å². The van der Waals surface area contributed by atoms with Crippen molar-refractivity contribution in [3.8, 4) is 22.3 Å². The van der Waals surface area contributed by atoms with Gasteiger partial charge in [-0.3, -0.25) is 14.6 Å². The van der Waals surface area contributed by atoms with Crippen molar-refractivity contribution >= 4 is 23.2 Å². The normalized spacial score (nSPS) is 18.7. The number of hydrogen-bond acceptors (Lipinski definition) is 4. The van der Waals surface area contributed by atoms with E-state index in [9.17, 15) is 9.59 Å². The van der Waals surface area contributed by atoms with Crippen LogP contribution in [0.5, 0.6) is 0 Å². The summed E-state index contributed by atoms with van der Waals surface area (Å²) in [5.41, 5.74) is 4.37. The number of aliphatic carboxylic acids is 1. The van der Waals surface area contributed by atoms with Crippen LogP contribution in [0, 0.1) is 11.8 Å². The molecule has 6 heteroatoms. The zero-order chi connectivity index (χ0) is 20.9. The van der Waals surface area contributed by atoms with E-state index in [-0.39, 0.29) is 11.8 Å². The highest BCUT2D eigenvalue weighted by Gasteiger charge is 2.26. The van der Waals surface area contributed by atoms with Crippen LogP contribution in [0.15, 0.2) is 60.2 Å². The quantitative estimate of drug-likeness (QED) is 0.582. The molecule has 0 atom stereocenters. The number of carbonyl (C=O) groups is 2. The molecule has 30 heavy (non-hydrogen) atoms. The molecule has 0 aliphatic heterocycles. The number of nitrogens with one attached hydrogen (secondary N) is 1. The molecule has 4 rings (SSSR count). The lowest BCUT2D eigenvalue weighted by atomic mass is 9.82. The van der Waals surface area contributed by atoms with Gasteiger partial charge >= 0.3 is 5.97 Å². The number of nitrogens with zero attached hydrogens (tertiary/aromatic N) is 1. The van der Waals surface area contributed by atoms with Crippen LogP contribution in [0.3, 0.4) is 0 Å². The molecule has 5 nitrogen and oxygen atoms in total. The Bertz CT molecular complexity index is 1010. The Kier molecular flexibility index (Phi) is 6.23. The first-order chi connectivity index (χ1) is 14.6. The van der Waals surface area contributed by atoms with Crippen LogP contribution in [-0.2, 0) is 4.79 Å². The van der Waals surface area contributed by atoms with Gasteiger partial charge in [0.15, 0.2) is 0 Å². The molecule has 1 amide bonds. The van der Waals surface area contributed by atoms with E-state index in [1.54, 1.807) is 12.4 Å². The van der Waals surface area contributed by atoms with Gasteiger partial charge in [0.2, 0.25) is 0 Å². The molecule has 3 aromatic rings. The third-order valence-electron chi connectivity index (χ3n) is 5.80. The van der Waals surface area contributed by atoms with Crippen molar-refractivity contribution in [2.75, 3.05) is 6.54 Å². The molecule has 0 radical (unpaired) electrons. The summed E-state index contributed by atoms with van der Waals surface area (Å²) >= 11 is 1.45. The molecule has 1 aliphatic carbocycles. The molecule has 2 N–H and O–H groups in total. The second-order valence-electron chi connectivity index (χ2n) is 7.78. The second-order valence-corrected chi connectivity index (χ2v) is 8.69. The number of thiophene rings is 1. The molecule has 1 fully saturated rings. The van der Waals surface area contributed by atoms with Gasteiger partial charge < -0.3 is 10.4 Å². The average Bonchev–Trinajstić information content (AvgIpc) is 3.29. The van der Waals surface area contributed by atoms with Crippen LogP contribution >= 0.6 is 11.3 Å². The summed E-state index contributed by atoms with van der Waals surface area (Å²) in [6.07, 6.45) is 6.69. The van der Waals surface area contributed by atoms with Gasteiger partial charge in [-0.05, 0) is 77.4 Å². The Morgan fingerprint density at radius 1 is 0.933 bits per heavy atom. The molecule has 0 saturated heterocycles. The highest BCUT2D eigenvalue weighted by atomic mass is 32.1. The van der Waals surface area contributed by atoms with E-state index in [0.29, 0.717) is 30.2 Å². The van der Waals surface area contributed by atoms with E-state index in [0.717, 1.165) is 35.1 Å². The van der Waals surface area contributed by atoms with Gasteiger partial charge in [-0.2, -0.15) is 0 Å². The summed E-state index contributed by atoms with van der Waals surface area (Å²) < 4.78 is 0. The number of carboxylic acids is 1. The largest absolute Gasteiger partial charge is 0.481 e. The highest BCUT2D eigenvalue weighted by Crippen LogP contribution is 2.30. The van der Waals surface area contributed by atoms with Crippen LogP contribution < -0.4 is 5.32 Å². The number of carboxylic acid groups (broad SMARTS) is 1. The van der Waals surface area contributed by atoms with Crippen molar-refractivity contribution in [2.24, 2.45) is 11.8 Å². The van der Waals surface area contributed by atoms with E-state index >= 15 is 0 Å². The minimum absolute atomic E-state index is 0.0555. The lowest BCUT2D eigenvalue weighted by Gasteiger charge is -2.26. The van der Waals surface area contributed by atoms with Crippen molar-refractivity contribution < 1.29 is 14.7 Å². The van der Waals surface area contributed by atoms with Gasteiger partial charge in [-0.1, -0.05) is 24.3 Å². The first-order valence-electron chi connectivity index (χ1n) is 10.2. The maximum Gasteiger partial charge on any atom is 0.306 e. The SMILES string of the molecule is O=C(NCC1CCC(C(=O)O)CC1)c1cc(-c2ccc(-c3ccncc3)cc2)cs1. The molecule has 1 aliphatic rings. The Hall–Kier alpha value is -2.99. The highest BCUT2D eigenvalue weighted by molar-refractivity contribution is 7.12. The van der Waals surface area contributed by atoms with Crippen LogP contribution in [0.2, 0.25) is 0 Å². The Morgan fingerprint density at radius 2 is 1.53 bits per heavy atom. The Balaban J connectivity index is 1.33. The fourth-order valence-corrected chi connectivity index (χ4v) is 4.78. The molecule has 2 heterocycles. The van der Waals surface area contributed by atoms with Gasteiger partial charge in [0.05, 0.1) is 10.8 Å². The summed E-state index contributed by atoms with van der Waals surface area (Å²) in [7, 11) is 0. The molecule has 0 spiro atoms. The second kappa shape index (κ2) is 9.22. The van der Waals surface area contributed by atoms with E-state index < -0.39 is 5.97 Å². The van der Waals surface area contributed by atoms with E-state index in [2.05, 4.69) is 34.6 Å². The smallest absolute Gasteiger partial charge is 0.306 e. The van der Waals surface area contributed by atoms with Gasteiger partial charge in [0.1, 0.15) is 0 Å². The van der Waals surface area contributed by atoms with Crippen LogP contribution in [0.1, 0.15) is 35.4 Å². The molecular weight excluding hydrogens is 396 g/mol. The number of benzene rings is 1. The van der Waals surface area contributed by atoms with E-state index in [4.69, 9.17) is 5.11 Å². The van der Waals surface area contributed by atoms with Gasteiger partial charge in [-0.25, -0.2) is 0 Å². The van der Waals surface area contributed by atoms with Crippen molar-refractivity contribution in [1.29, 1.82) is 0 Å². The van der Waals surface area contributed by atoms with Crippen LogP contribution in [0.4, 0.5) is 0 Å². The topological polar surface area (TPSA) is 79.3 Å². The molecule has 1 saturated carbocycles. The lowest BCUT2D eigenvalue weighted by Crippen LogP contribution is -2.32. The predicted octanol–water partition coefficient (Wildman–Crippen LogP) is 5.10. The summed E-state index contributed by atoms with van der Waals surface area (Å²) in [6.45, 7) is 0.610. The average molecular weight is 421 g/mol. The summed E-state index contributed by atoms with van der Waals surface area (Å²) in [5, 5.41) is 14.1. The number of amides is 1. The number of carbonyl (C=O) groups excluding carboxylic acids is 1. The monoisotopic (exact) mass is 420 g/mol. The van der Waals surface area contributed by atoms with Gasteiger partial charge in [0.25, 0.3) is 5.91 Å². The minimum Gasteiger partial charge on any atom is -0.481 e. The zero-order valence-electron chi connectivity index (χ0n) is 16.6. The van der Waals surface area contributed by atoms with Crippen LogP contribution in [0.25, 0.3) is 22.3 Å². The minimum atomic E-state index is -0.697. The summed E-state index contributed by atoms with van der Waals surface area (Å²) in [6, 6.07) is 14.2. The molecule has 2 aromatic heterocycles. The Morgan fingerprint density at radius 3 is 2.17 bits per heavy atom. The van der Waals surface area contributed by atoms with Crippen molar-refractivity contribution in [1.82, 2.24) is 10.3 Å². The maximum absolute atomic E-state index is 12.5. The van der Waals surface area contributed by atoms with Crippen molar-refractivity contribution in [3.05, 3.63) is 65.1 Å². The third kappa shape index (κ3) is 4.76. The van der Waals surface area contributed by atoms with Crippen molar-refractivity contribution in [3.63, 3.8) is 0 Å². The molecule has 1 aromatic carbocycles. The summed E-state index contributed by atoms with van der Waals surface area (Å²) in [4.78, 5) is 28.3. The number of hydrogen-bond donors (Lipinski definition) is 2. The van der Waals surface area contributed by atoms with Gasteiger partial charge in [0, 0.05) is 18.9 Å². The number of rotatable bonds is 6. The first-order valence-corrected chi connectivity index (χ1v) is 11.1. The standard InChI is InChI=1S/C24H24N2O3S/c27-23(26-14-16-1-3-20(4-2-16)24(28)29)22-13-21(15-30-22)18-7-5-17(6-8-18)19-9-11-25-12-10-19/h5-13,15-16,20H,1-4,14H2,(H,26,27)(H,28,29). The molecular formula is C24H24N2O3S. The third-order valence-corrected chi connectivity index (χ3v) is 6.73. The molecule has 0 bridgehead atoms. The van der Waals surface area contributed by atoms with Gasteiger partial charge in [-0.15, -0.1) is 11.3 Å². The fraction of sp³-hybridized carbons (Fsp3) is 0.292. The van der Waals surface area contributed by atoms with E-state index in [1.165, 1.54) is 11.3 Å².